The van der Waals surface area contributed by atoms with Crippen molar-refractivity contribution >= 4 is 11.9 Å². The standard InChI is InChI=1S/C16H23NO3/c1-10-8-9-12(17-15(19)20-16(2,3)4)14-11(10)6-5-7-13(14)18/h8-11H,5-7H2,1-4H3,(H,17,19). The highest BCUT2D eigenvalue weighted by Gasteiger charge is 2.34. The van der Waals surface area contributed by atoms with E-state index < -0.39 is 11.7 Å². The zero-order chi connectivity index (χ0) is 14.9. The first-order valence-electron chi connectivity index (χ1n) is 7.23. The number of fused-ring (bicyclic) bond motifs is 1. The minimum atomic E-state index is -0.545. The van der Waals surface area contributed by atoms with Crippen molar-refractivity contribution < 1.29 is 14.3 Å². The molecule has 2 rings (SSSR count). The van der Waals surface area contributed by atoms with Gasteiger partial charge in [0.05, 0.1) is 5.70 Å². The number of ketones is 1. The molecule has 0 aromatic rings. The number of alkyl carbamates (subject to hydrolysis) is 1. The van der Waals surface area contributed by atoms with E-state index >= 15 is 0 Å². The fourth-order valence-corrected chi connectivity index (χ4v) is 2.84. The van der Waals surface area contributed by atoms with Crippen molar-refractivity contribution in [2.45, 2.75) is 52.6 Å². The van der Waals surface area contributed by atoms with Crippen LogP contribution < -0.4 is 5.32 Å². The van der Waals surface area contributed by atoms with Crippen LogP contribution in [0.4, 0.5) is 4.79 Å². The fraction of sp³-hybridized carbons (Fsp3) is 0.625. The van der Waals surface area contributed by atoms with Crippen LogP contribution in [-0.2, 0) is 9.53 Å². The van der Waals surface area contributed by atoms with Gasteiger partial charge < -0.3 is 4.74 Å². The predicted molar refractivity (Wildman–Crippen MR) is 77.0 cm³/mol. The van der Waals surface area contributed by atoms with E-state index in [0.29, 0.717) is 18.0 Å². The molecule has 2 unspecified atom stereocenters. The maximum atomic E-state index is 12.2. The van der Waals surface area contributed by atoms with Crippen molar-refractivity contribution in [3.05, 3.63) is 23.4 Å². The summed E-state index contributed by atoms with van der Waals surface area (Å²) in [6.07, 6.45) is 5.91. The molecule has 0 saturated heterocycles. The number of carbonyl (C=O) groups is 2. The molecule has 0 aromatic carbocycles. The van der Waals surface area contributed by atoms with E-state index in [9.17, 15) is 9.59 Å². The van der Waals surface area contributed by atoms with E-state index in [0.717, 1.165) is 18.4 Å². The van der Waals surface area contributed by atoms with Gasteiger partial charge in [0.2, 0.25) is 0 Å². The summed E-state index contributed by atoms with van der Waals surface area (Å²) in [5.41, 5.74) is 0.848. The third-order valence-electron chi connectivity index (χ3n) is 3.72. The lowest BCUT2D eigenvalue weighted by Crippen LogP contribution is -2.36. The van der Waals surface area contributed by atoms with Crippen molar-refractivity contribution in [3.63, 3.8) is 0 Å². The van der Waals surface area contributed by atoms with Crippen molar-refractivity contribution in [1.29, 1.82) is 0 Å². The molecule has 2 aliphatic carbocycles. The molecule has 1 saturated carbocycles. The van der Waals surface area contributed by atoms with Crippen LogP contribution in [0.15, 0.2) is 23.4 Å². The van der Waals surface area contributed by atoms with E-state index in [1.165, 1.54) is 0 Å². The van der Waals surface area contributed by atoms with E-state index in [1.807, 2.05) is 26.8 Å². The topological polar surface area (TPSA) is 55.4 Å². The number of amides is 1. The molecule has 0 heterocycles. The van der Waals surface area contributed by atoms with E-state index in [1.54, 1.807) is 0 Å². The first kappa shape index (κ1) is 14.8. The number of Topliss-reactive ketones (excluding diaryl/α,β-unsaturated/α-hetero) is 1. The summed E-state index contributed by atoms with van der Waals surface area (Å²) in [5.74, 6) is 0.730. The Hall–Kier alpha value is -1.58. The molecule has 1 amide bonds. The summed E-state index contributed by atoms with van der Waals surface area (Å²) >= 11 is 0. The summed E-state index contributed by atoms with van der Waals surface area (Å²) in [7, 11) is 0. The largest absolute Gasteiger partial charge is 0.444 e. The van der Waals surface area contributed by atoms with E-state index in [4.69, 9.17) is 4.74 Å². The van der Waals surface area contributed by atoms with Gasteiger partial charge in [-0.3, -0.25) is 10.1 Å². The highest BCUT2D eigenvalue weighted by Crippen LogP contribution is 2.37. The minimum Gasteiger partial charge on any atom is -0.444 e. The molecule has 1 fully saturated rings. The van der Waals surface area contributed by atoms with Crippen LogP contribution in [0.5, 0.6) is 0 Å². The molecule has 1 N–H and O–H groups in total. The van der Waals surface area contributed by atoms with Gasteiger partial charge in [-0.15, -0.1) is 0 Å². The number of hydrogen-bond donors (Lipinski definition) is 1. The lowest BCUT2D eigenvalue weighted by Gasteiger charge is -2.33. The van der Waals surface area contributed by atoms with Crippen LogP contribution in [0, 0.1) is 11.8 Å². The van der Waals surface area contributed by atoms with Crippen LogP contribution in [-0.4, -0.2) is 17.5 Å². The van der Waals surface area contributed by atoms with Gasteiger partial charge in [-0.1, -0.05) is 13.0 Å². The Morgan fingerprint density at radius 1 is 1.40 bits per heavy atom. The molecule has 2 atom stereocenters. The Balaban J connectivity index is 2.20. The molecule has 2 aliphatic rings. The van der Waals surface area contributed by atoms with Crippen LogP contribution in [0.25, 0.3) is 0 Å². The number of nitrogens with one attached hydrogen (secondary N) is 1. The Morgan fingerprint density at radius 3 is 2.75 bits per heavy atom. The smallest absolute Gasteiger partial charge is 0.412 e. The first-order valence-corrected chi connectivity index (χ1v) is 7.23. The average molecular weight is 277 g/mol. The Morgan fingerprint density at radius 2 is 2.10 bits per heavy atom. The van der Waals surface area contributed by atoms with Gasteiger partial charge >= 0.3 is 6.09 Å². The molecular formula is C16H23NO3. The molecule has 0 radical (unpaired) electrons. The molecule has 110 valence electrons. The van der Waals surface area contributed by atoms with E-state index in [-0.39, 0.29) is 11.7 Å². The quantitative estimate of drug-likeness (QED) is 0.799. The second-order valence-electron chi connectivity index (χ2n) is 6.59. The van der Waals surface area contributed by atoms with Crippen LogP contribution in [0.2, 0.25) is 0 Å². The normalized spacial score (nSPS) is 26.3. The lowest BCUT2D eigenvalue weighted by molar-refractivity contribution is -0.117. The fourth-order valence-electron chi connectivity index (χ4n) is 2.84. The van der Waals surface area contributed by atoms with Gasteiger partial charge in [0.15, 0.2) is 5.78 Å². The molecule has 0 bridgehead atoms. The number of ether oxygens (including phenoxy) is 1. The molecule has 4 nitrogen and oxygen atoms in total. The minimum absolute atomic E-state index is 0.156. The molecule has 0 spiro atoms. The van der Waals surface area contributed by atoms with Crippen LogP contribution >= 0.6 is 0 Å². The molecule has 20 heavy (non-hydrogen) atoms. The van der Waals surface area contributed by atoms with Crippen molar-refractivity contribution in [2.24, 2.45) is 11.8 Å². The van der Waals surface area contributed by atoms with Crippen molar-refractivity contribution in [1.82, 2.24) is 5.32 Å². The predicted octanol–water partition coefficient (Wildman–Crippen LogP) is 3.34. The van der Waals surface area contributed by atoms with Gasteiger partial charge in [0.25, 0.3) is 0 Å². The van der Waals surface area contributed by atoms with Gasteiger partial charge in [-0.25, -0.2) is 4.79 Å². The third-order valence-corrected chi connectivity index (χ3v) is 3.72. The zero-order valence-corrected chi connectivity index (χ0v) is 12.7. The average Bonchev–Trinajstić information content (AvgIpc) is 2.31. The van der Waals surface area contributed by atoms with Gasteiger partial charge in [-0.2, -0.15) is 0 Å². The molecular weight excluding hydrogens is 254 g/mol. The zero-order valence-electron chi connectivity index (χ0n) is 12.7. The maximum Gasteiger partial charge on any atom is 0.412 e. The third kappa shape index (κ3) is 3.30. The number of allylic oxidation sites excluding steroid dienone is 3. The summed E-state index contributed by atoms with van der Waals surface area (Å²) in [6, 6.07) is 0. The number of carbonyl (C=O) groups excluding carboxylic acids is 2. The Labute approximate surface area is 120 Å². The van der Waals surface area contributed by atoms with Gasteiger partial charge in [0, 0.05) is 12.0 Å². The molecule has 4 heteroatoms. The van der Waals surface area contributed by atoms with Gasteiger partial charge in [-0.05, 0) is 51.5 Å². The Kier molecular flexibility index (Phi) is 4.02. The Bertz CT molecular complexity index is 482. The molecule has 0 aliphatic heterocycles. The SMILES string of the molecule is CC1C=CC(NC(=O)OC(C)(C)C)=C2C(=O)CCCC21. The number of rotatable bonds is 1. The first-order chi connectivity index (χ1) is 9.28. The van der Waals surface area contributed by atoms with E-state index in [2.05, 4.69) is 18.3 Å². The van der Waals surface area contributed by atoms with Crippen LogP contribution in [0.1, 0.15) is 47.0 Å². The summed E-state index contributed by atoms with van der Waals surface area (Å²) in [4.78, 5) is 24.0. The van der Waals surface area contributed by atoms with Crippen molar-refractivity contribution in [3.8, 4) is 0 Å². The highest BCUT2D eigenvalue weighted by atomic mass is 16.6. The lowest BCUT2D eigenvalue weighted by atomic mass is 9.73. The monoisotopic (exact) mass is 277 g/mol. The summed E-state index contributed by atoms with van der Waals surface area (Å²) in [5, 5.41) is 2.74. The van der Waals surface area contributed by atoms with Gasteiger partial charge in [0.1, 0.15) is 5.60 Å². The van der Waals surface area contributed by atoms with Crippen LogP contribution in [0.3, 0.4) is 0 Å². The highest BCUT2D eigenvalue weighted by molar-refractivity contribution is 5.98. The summed E-state index contributed by atoms with van der Waals surface area (Å²) < 4.78 is 5.25. The second-order valence-corrected chi connectivity index (χ2v) is 6.59. The maximum absolute atomic E-state index is 12.2. The second kappa shape index (κ2) is 5.43. The summed E-state index contributed by atoms with van der Waals surface area (Å²) in [6.45, 7) is 7.57. The number of hydrogen-bond acceptors (Lipinski definition) is 3. The van der Waals surface area contributed by atoms with Crippen molar-refractivity contribution in [2.75, 3.05) is 0 Å². The molecule has 0 aromatic heterocycles.